The number of benzene rings is 1. The zero-order valence-electron chi connectivity index (χ0n) is 12.3. The van der Waals surface area contributed by atoms with Gasteiger partial charge in [0.25, 0.3) is 0 Å². The van der Waals surface area contributed by atoms with E-state index in [0.29, 0.717) is 17.3 Å². The summed E-state index contributed by atoms with van der Waals surface area (Å²) in [5, 5.41) is 10.8. The Morgan fingerprint density at radius 2 is 2.00 bits per heavy atom. The van der Waals surface area contributed by atoms with Crippen molar-refractivity contribution in [3.63, 3.8) is 0 Å². The Balaban J connectivity index is 3.08. The van der Waals surface area contributed by atoms with Crippen LogP contribution in [0.3, 0.4) is 0 Å². The third kappa shape index (κ3) is 3.63. The molecule has 6 heteroatoms. The van der Waals surface area contributed by atoms with Gasteiger partial charge in [-0.1, -0.05) is 30.7 Å². The van der Waals surface area contributed by atoms with Crippen molar-refractivity contribution in [2.24, 2.45) is 0 Å². The number of guanidine groups is 1. The SMILES string of the molecule is CCc1cccc(Cl)c1N(CC)C(=O)NC(=N)N(C)C. The molecular weight excluding hydrogens is 276 g/mol. The molecule has 0 aromatic heterocycles. The smallest absolute Gasteiger partial charge is 0.328 e. The first-order valence-corrected chi connectivity index (χ1v) is 6.91. The van der Waals surface area contributed by atoms with Crippen molar-refractivity contribution in [1.29, 1.82) is 5.41 Å². The van der Waals surface area contributed by atoms with Gasteiger partial charge in [0.15, 0.2) is 5.96 Å². The summed E-state index contributed by atoms with van der Waals surface area (Å²) in [6.45, 7) is 4.37. The van der Waals surface area contributed by atoms with Crippen LogP contribution in [0.15, 0.2) is 18.2 Å². The Morgan fingerprint density at radius 1 is 1.35 bits per heavy atom. The van der Waals surface area contributed by atoms with Crippen LogP contribution >= 0.6 is 11.6 Å². The van der Waals surface area contributed by atoms with Crippen molar-refractivity contribution in [2.45, 2.75) is 20.3 Å². The number of carbonyl (C=O) groups excluding carboxylic acids is 1. The van der Waals surface area contributed by atoms with Gasteiger partial charge in [-0.15, -0.1) is 0 Å². The third-order valence-corrected chi connectivity index (χ3v) is 3.26. The van der Waals surface area contributed by atoms with Gasteiger partial charge < -0.3 is 4.90 Å². The van der Waals surface area contributed by atoms with Gasteiger partial charge in [0.1, 0.15) is 0 Å². The summed E-state index contributed by atoms with van der Waals surface area (Å²) in [6, 6.07) is 5.24. The Hall–Kier alpha value is -1.75. The van der Waals surface area contributed by atoms with E-state index in [1.165, 1.54) is 4.90 Å². The highest BCUT2D eigenvalue weighted by Gasteiger charge is 2.20. The van der Waals surface area contributed by atoms with Gasteiger partial charge in [-0.2, -0.15) is 0 Å². The highest BCUT2D eigenvalue weighted by molar-refractivity contribution is 6.34. The van der Waals surface area contributed by atoms with Crippen LogP contribution in [0, 0.1) is 5.41 Å². The van der Waals surface area contributed by atoms with Gasteiger partial charge in [-0.3, -0.25) is 15.6 Å². The molecule has 0 saturated heterocycles. The monoisotopic (exact) mass is 296 g/mol. The minimum Gasteiger partial charge on any atom is -0.349 e. The van der Waals surface area contributed by atoms with Gasteiger partial charge >= 0.3 is 6.03 Å². The van der Waals surface area contributed by atoms with E-state index in [2.05, 4.69) is 5.32 Å². The van der Waals surface area contributed by atoms with E-state index >= 15 is 0 Å². The van der Waals surface area contributed by atoms with E-state index in [0.717, 1.165) is 12.0 Å². The van der Waals surface area contributed by atoms with Crippen LogP contribution in [0.4, 0.5) is 10.5 Å². The van der Waals surface area contributed by atoms with Crippen molar-refractivity contribution < 1.29 is 4.79 Å². The minimum absolute atomic E-state index is 0.0403. The van der Waals surface area contributed by atoms with E-state index in [1.54, 1.807) is 25.1 Å². The largest absolute Gasteiger partial charge is 0.349 e. The molecule has 2 N–H and O–H groups in total. The van der Waals surface area contributed by atoms with E-state index in [9.17, 15) is 4.79 Å². The number of rotatable bonds is 3. The molecule has 0 fully saturated rings. The number of urea groups is 1. The van der Waals surface area contributed by atoms with Crippen molar-refractivity contribution in [3.05, 3.63) is 28.8 Å². The molecule has 110 valence electrons. The van der Waals surface area contributed by atoms with Crippen LogP contribution in [0.5, 0.6) is 0 Å². The maximum atomic E-state index is 12.3. The molecule has 1 rings (SSSR count). The molecule has 0 saturated carbocycles. The lowest BCUT2D eigenvalue weighted by atomic mass is 10.1. The molecule has 0 unspecified atom stereocenters. The molecule has 1 aromatic rings. The molecule has 0 bridgehead atoms. The van der Waals surface area contributed by atoms with Crippen molar-refractivity contribution in [2.75, 3.05) is 25.5 Å². The summed E-state index contributed by atoms with van der Waals surface area (Å²) in [5.74, 6) is 0.0403. The number of carbonyl (C=O) groups is 1. The molecule has 20 heavy (non-hydrogen) atoms. The topological polar surface area (TPSA) is 59.4 Å². The number of amides is 2. The predicted molar refractivity (Wildman–Crippen MR) is 83.8 cm³/mol. The number of nitrogens with one attached hydrogen (secondary N) is 2. The Bertz CT molecular complexity index is 502. The standard InChI is InChI=1S/C14H21ClN4O/c1-5-10-8-7-9-11(15)12(10)19(6-2)14(20)17-13(16)18(3)4/h7-9H,5-6H2,1-4H3,(H2,16,17,20). The second kappa shape index (κ2) is 7.14. The third-order valence-electron chi connectivity index (χ3n) is 2.96. The van der Waals surface area contributed by atoms with E-state index in [-0.39, 0.29) is 12.0 Å². The summed E-state index contributed by atoms with van der Waals surface area (Å²) in [7, 11) is 3.40. The summed E-state index contributed by atoms with van der Waals surface area (Å²) < 4.78 is 0. The summed E-state index contributed by atoms with van der Waals surface area (Å²) in [5.41, 5.74) is 1.72. The minimum atomic E-state index is -0.353. The van der Waals surface area contributed by atoms with Crippen molar-refractivity contribution in [3.8, 4) is 0 Å². The molecule has 0 atom stereocenters. The van der Waals surface area contributed by atoms with E-state index < -0.39 is 0 Å². The molecule has 0 spiro atoms. The van der Waals surface area contributed by atoms with Gasteiger partial charge in [0.2, 0.25) is 0 Å². The number of para-hydroxylation sites is 1. The fourth-order valence-electron chi connectivity index (χ4n) is 1.83. The molecular formula is C14H21ClN4O. The van der Waals surface area contributed by atoms with Crippen LogP contribution in [0.25, 0.3) is 0 Å². The first-order valence-electron chi connectivity index (χ1n) is 6.54. The Kier molecular flexibility index (Phi) is 5.82. The van der Waals surface area contributed by atoms with Gasteiger partial charge in [0.05, 0.1) is 10.7 Å². The van der Waals surface area contributed by atoms with Crippen molar-refractivity contribution >= 4 is 29.3 Å². The summed E-state index contributed by atoms with van der Waals surface area (Å²) >= 11 is 6.24. The molecule has 0 radical (unpaired) electrons. The fraction of sp³-hybridized carbons (Fsp3) is 0.429. The Morgan fingerprint density at radius 3 is 2.50 bits per heavy atom. The summed E-state index contributed by atoms with van der Waals surface area (Å²) in [4.78, 5) is 15.4. The summed E-state index contributed by atoms with van der Waals surface area (Å²) in [6.07, 6.45) is 0.783. The van der Waals surface area contributed by atoms with Crippen LogP contribution in [0.2, 0.25) is 5.02 Å². The number of aryl methyl sites for hydroxylation is 1. The molecule has 0 aliphatic rings. The molecule has 5 nitrogen and oxygen atoms in total. The fourth-order valence-corrected chi connectivity index (χ4v) is 2.13. The lowest BCUT2D eigenvalue weighted by molar-refractivity contribution is 0.250. The first-order chi connectivity index (χ1) is 9.42. The highest BCUT2D eigenvalue weighted by Crippen LogP contribution is 2.30. The second-order valence-electron chi connectivity index (χ2n) is 4.52. The average Bonchev–Trinajstić information content (AvgIpc) is 2.41. The molecule has 2 amide bonds. The number of hydrogen-bond acceptors (Lipinski definition) is 2. The van der Waals surface area contributed by atoms with E-state index in [4.69, 9.17) is 17.0 Å². The normalized spacial score (nSPS) is 10.1. The van der Waals surface area contributed by atoms with Crippen LogP contribution in [0.1, 0.15) is 19.4 Å². The maximum Gasteiger partial charge on any atom is 0.328 e. The number of halogens is 1. The van der Waals surface area contributed by atoms with Gasteiger partial charge in [0, 0.05) is 20.6 Å². The van der Waals surface area contributed by atoms with Crippen LogP contribution < -0.4 is 10.2 Å². The van der Waals surface area contributed by atoms with Gasteiger partial charge in [-0.05, 0) is 25.0 Å². The highest BCUT2D eigenvalue weighted by atomic mass is 35.5. The number of hydrogen-bond donors (Lipinski definition) is 2. The van der Waals surface area contributed by atoms with Crippen LogP contribution in [-0.4, -0.2) is 37.5 Å². The maximum absolute atomic E-state index is 12.3. The molecule has 0 aliphatic heterocycles. The quantitative estimate of drug-likeness (QED) is 0.665. The average molecular weight is 297 g/mol. The second-order valence-corrected chi connectivity index (χ2v) is 4.93. The Labute approximate surface area is 125 Å². The molecule has 0 aliphatic carbocycles. The molecule has 1 aromatic carbocycles. The van der Waals surface area contributed by atoms with Gasteiger partial charge in [-0.25, -0.2) is 4.79 Å². The predicted octanol–water partition coefficient (Wildman–Crippen LogP) is 2.93. The van der Waals surface area contributed by atoms with Crippen LogP contribution in [-0.2, 0) is 6.42 Å². The zero-order valence-corrected chi connectivity index (χ0v) is 13.1. The zero-order chi connectivity index (χ0) is 15.3. The lowest BCUT2D eigenvalue weighted by Gasteiger charge is -2.26. The van der Waals surface area contributed by atoms with E-state index in [1.807, 2.05) is 26.0 Å². The lowest BCUT2D eigenvalue weighted by Crippen LogP contribution is -2.47. The number of nitrogens with zero attached hydrogens (tertiary/aromatic N) is 2. The number of anilines is 1. The first kappa shape index (κ1) is 16.3. The molecule has 0 heterocycles. The van der Waals surface area contributed by atoms with Crippen molar-refractivity contribution in [1.82, 2.24) is 10.2 Å².